The molecule has 2 N–H and O–H groups in total. The van der Waals surface area contributed by atoms with E-state index in [2.05, 4.69) is 133 Å². The van der Waals surface area contributed by atoms with E-state index in [1.807, 2.05) is 83.1 Å². The van der Waals surface area contributed by atoms with E-state index in [1.54, 1.807) is 0 Å². The minimum atomic E-state index is -0.552. The highest BCUT2D eigenvalue weighted by Crippen LogP contribution is 2.36. The molecular weight excluding hydrogens is 1140 g/mol. The summed E-state index contributed by atoms with van der Waals surface area (Å²) in [5.41, 5.74) is 3.03. The SMILES string of the molecule is CC(C)(C)CN(CC(=O)OC(C)(C)C)C1(C)CN(CC(=O)OC(C)(C)C)CCN(C(CCCCN)C(C)(C)C)C1.CCCCCC(N1CCN(CC(=O)OC(C)(C)C)CC(C)(N(CC(=O)OC(C)(C)C)CC(C)(C)C)C1)C(C)(C)C.O=C=O.O=C=O.O=C=O. The number of carbonyl (C=O) groups excluding carboxylic acids is 10. The van der Waals surface area contributed by atoms with Gasteiger partial charge in [-0.2, -0.15) is 28.8 Å². The van der Waals surface area contributed by atoms with Crippen molar-refractivity contribution in [1.29, 1.82) is 0 Å². The Morgan fingerprint density at radius 1 is 0.438 bits per heavy atom. The molecule has 2 fully saturated rings. The van der Waals surface area contributed by atoms with Crippen LogP contribution in [0.5, 0.6) is 0 Å². The van der Waals surface area contributed by atoms with Gasteiger partial charge in [-0.05, 0) is 144 Å². The first kappa shape index (κ1) is 88.9. The van der Waals surface area contributed by atoms with Crippen LogP contribution in [-0.4, -0.2) is 215 Å². The predicted octanol–water partition coefficient (Wildman–Crippen LogP) is 9.58. The van der Waals surface area contributed by atoms with Gasteiger partial charge in [-0.1, -0.05) is 116 Å². The van der Waals surface area contributed by atoms with Gasteiger partial charge in [-0.25, -0.2) is 0 Å². The van der Waals surface area contributed by atoms with Crippen molar-refractivity contribution in [3.8, 4) is 0 Å². The Bertz CT molecular complexity index is 2010. The number of rotatable bonds is 22. The summed E-state index contributed by atoms with van der Waals surface area (Å²) in [5.74, 6) is -0.841. The van der Waals surface area contributed by atoms with Gasteiger partial charge in [-0.3, -0.25) is 48.6 Å². The highest BCUT2D eigenvalue weighted by atomic mass is 16.6. The van der Waals surface area contributed by atoms with Crippen molar-refractivity contribution in [2.75, 3.05) is 98.2 Å². The number of carbonyl (C=O) groups is 4. The molecule has 520 valence electrons. The van der Waals surface area contributed by atoms with Gasteiger partial charge in [-0.15, -0.1) is 0 Å². The summed E-state index contributed by atoms with van der Waals surface area (Å²) in [5, 5.41) is 0. The largest absolute Gasteiger partial charge is 0.459 e. The Kier molecular flexibility index (Phi) is 39.3. The van der Waals surface area contributed by atoms with Crippen molar-refractivity contribution >= 4 is 42.3 Å². The van der Waals surface area contributed by atoms with E-state index in [0.717, 1.165) is 78.0 Å². The third-order valence-corrected chi connectivity index (χ3v) is 14.4. The zero-order chi connectivity index (χ0) is 70.4. The van der Waals surface area contributed by atoms with Crippen molar-refractivity contribution in [3.05, 3.63) is 0 Å². The number of esters is 4. The maximum Gasteiger partial charge on any atom is 0.373 e. The lowest BCUT2D eigenvalue weighted by Crippen LogP contribution is -2.62. The fourth-order valence-electron chi connectivity index (χ4n) is 11.6. The summed E-state index contributed by atoms with van der Waals surface area (Å²) in [4.78, 5) is 115. The first-order chi connectivity index (χ1) is 40.1. The van der Waals surface area contributed by atoms with Crippen LogP contribution in [0.15, 0.2) is 0 Å². The molecule has 2 saturated heterocycles. The smallest absolute Gasteiger partial charge is 0.373 e. The second-order valence-corrected chi connectivity index (χ2v) is 33.3. The van der Waals surface area contributed by atoms with E-state index in [0.29, 0.717) is 31.7 Å². The Balaban J connectivity index is -0.00000146. The number of hydrogen-bond donors (Lipinski definition) is 1. The van der Waals surface area contributed by atoms with Gasteiger partial charge in [0.05, 0.1) is 26.2 Å². The van der Waals surface area contributed by atoms with Crippen LogP contribution in [0.3, 0.4) is 0 Å². The van der Waals surface area contributed by atoms with E-state index in [1.165, 1.54) is 19.3 Å². The van der Waals surface area contributed by atoms with Gasteiger partial charge in [0.2, 0.25) is 0 Å². The van der Waals surface area contributed by atoms with Gasteiger partial charge in [0.25, 0.3) is 0 Å². The molecule has 4 atom stereocenters. The van der Waals surface area contributed by atoms with Gasteiger partial charge >= 0.3 is 42.3 Å². The van der Waals surface area contributed by atoms with Crippen LogP contribution in [0.4, 0.5) is 0 Å². The zero-order valence-corrected chi connectivity index (χ0v) is 61.2. The topological polar surface area (TPSA) is 253 Å². The van der Waals surface area contributed by atoms with Crippen molar-refractivity contribution in [3.63, 3.8) is 0 Å². The molecule has 0 spiro atoms. The van der Waals surface area contributed by atoms with Crippen molar-refractivity contribution in [2.45, 2.75) is 277 Å². The minimum Gasteiger partial charge on any atom is -0.459 e. The summed E-state index contributed by atoms with van der Waals surface area (Å²) in [6, 6.07) is 0.746. The number of unbranched alkanes of at least 4 members (excludes halogenated alkanes) is 3. The maximum absolute atomic E-state index is 13.2. The highest BCUT2D eigenvalue weighted by Gasteiger charge is 2.46. The third-order valence-electron chi connectivity index (χ3n) is 14.4. The molecule has 0 bridgehead atoms. The summed E-state index contributed by atoms with van der Waals surface area (Å²) in [7, 11) is 0. The second-order valence-electron chi connectivity index (χ2n) is 33.3. The molecule has 0 aromatic heterocycles. The average molecular weight is 1270 g/mol. The molecule has 0 radical (unpaired) electrons. The van der Waals surface area contributed by atoms with E-state index >= 15 is 0 Å². The highest BCUT2D eigenvalue weighted by molar-refractivity contribution is 5.73. The molecule has 21 nitrogen and oxygen atoms in total. The molecule has 2 rings (SSSR count). The van der Waals surface area contributed by atoms with Gasteiger partial charge in [0, 0.05) is 88.6 Å². The molecule has 2 aliphatic heterocycles. The Morgan fingerprint density at radius 3 is 0.944 bits per heavy atom. The lowest BCUT2D eigenvalue weighted by atomic mass is 9.81. The molecular formula is C68H129N7O14. The Hall–Kier alpha value is -4.26. The first-order valence-electron chi connectivity index (χ1n) is 32.1. The van der Waals surface area contributed by atoms with E-state index in [4.69, 9.17) is 53.4 Å². The van der Waals surface area contributed by atoms with Crippen molar-refractivity contribution in [2.24, 2.45) is 27.4 Å². The Morgan fingerprint density at radius 2 is 0.708 bits per heavy atom. The molecule has 0 aromatic rings. The van der Waals surface area contributed by atoms with Gasteiger partial charge in [0.15, 0.2) is 0 Å². The fraction of sp³-hybridized carbons (Fsp3) is 0.897. The molecule has 0 amide bonds. The lowest BCUT2D eigenvalue weighted by Gasteiger charge is -2.48. The van der Waals surface area contributed by atoms with Gasteiger partial charge < -0.3 is 24.7 Å². The van der Waals surface area contributed by atoms with Crippen LogP contribution in [0.25, 0.3) is 0 Å². The zero-order valence-electron chi connectivity index (χ0n) is 61.2. The van der Waals surface area contributed by atoms with E-state index in [-0.39, 0.29) is 95.7 Å². The van der Waals surface area contributed by atoms with E-state index < -0.39 is 27.9 Å². The first-order valence-corrected chi connectivity index (χ1v) is 32.1. The normalized spacial score (nSPS) is 19.4. The van der Waals surface area contributed by atoms with Gasteiger partial charge in [0.1, 0.15) is 22.4 Å². The maximum atomic E-state index is 13.2. The van der Waals surface area contributed by atoms with E-state index in [9.17, 15) is 19.2 Å². The lowest BCUT2D eigenvalue weighted by molar-refractivity contribution is -0.193. The minimum absolute atomic E-state index is 0.0251. The number of ether oxygens (including phenoxy) is 4. The number of nitrogens with zero attached hydrogens (tertiary/aromatic N) is 6. The van der Waals surface area contributed by atoms with Crippen LogP contribution in [0, 0.1) is 21.7 Å². The molecule has 21 heteroatoms. The molecule has 0 saturated carbocycles. The van der Waals surface area contributed by atoms with Crippen LogP contribution in [0.1, 0.15) is 232 Å². The molecule has 2 aliphatic rings. The number of nitrogens with two attached hydrogens (primary N) is 1. The van der Waals surface area contributed by atoms with Crippen LogP contribution in [0.2, 0.25) is 0 Å². The summed E-state index contributed by atoms with van der Waals surface area (Å²) >= 11 is 0. The fourth-order valence-corrected chi connectivity index (χ4v) is 11.6. The molecule has 0 aliphatic carbocycles. The number of hydrogen-bond acceptors (Lipinski definition) is 21. The van der Waals surface area contributed by atoms with Crippen molar-refractivity contribution in [1.82, 2.24) is 29.4 Å². The Labute approximate surface area is 539 Å². The summed E-state index contributed by atoms with van der Waals surface area (Å²) in [6.07, 6.45) is 8.69. The monoisotopic (exact) mass is 1270 g/mol. The van der Waals surface area contributed by atoms with Crippen LogP contribution in [-0.2, 0) is 66.9 Å². The molecule has 2 heterocycles. The second kappa shape index (κ2) is 39.3. The quantitative estimate of drug-likeness (QED) is 0.0601. The van der Waals surface area contributed by atoms with Crippen LogP contribution >= 0.6 is 0 Å². The molecule has 0 aromatic carbocycles. The molecule has 89 heavy (non-hydrogen) atoms. The standard InChI is InChI=1S/C33H65N3O4.C32H64N4O4.3CO2/c1-15-16-17-18-26(30(5,6)7)35-20-19-34(21-27(37)39-31(8,9)10)24-33(14,25-35)36(23-29(2,3)4)22-28(38)40-32(11,12)13;1-28(2,3)22-36(21-27(38)40-31(10,11)12)32(13)23-34(20-26(37)39-30(7,8)9)18-19-35(24-32)25(29(4,5)6)16-14-15-17-33;3*2-1-3/h26H,15-25H2,1-14H3;25H,14-24,33H2,1-13H3;;;. The summed E-state index contributed by atoms with van der Waals surface area (Å²) < 4.78 is 23.0. The summed E-state index contributed by atoms with van der Waals surface area (Å²) in [6.45, 7) is 66.2. The third kappa shape index (κ3) is 43.2. The van der Waals surface area contributed by atoms with Crippen molar-refractivity contribution < 1.29 is 66.9 Å². The predicted molar refractivity (Wildman–Crippen MR) is 347 cm³/mol. The average Bonchev–Trinajstić information content (AvgIpc) is 3.71. The molecule has 4 unspecified atom stereocenters. The van der Waals surface area contributed by atoms with Crippen LogP contribution < -0.4 is 5.73 Å².